The summed E-state index contributed by atoms with van der Waals surface area (Å²) in [5.41, 5.74) is 1.18. The van der Waals surface area contributed by atoms with Crippen LogP contribution >= 0.6 is 0 Å². The third-order valence-corrected chi connectivity index (χ3v) is 6.29. The fourth-order valence-corrected chi connectivity index (χ4v) is 4.67. The van der Waals surface area contributed by atoms with Crippen molar-refractivity contribution in [1.29, 1.82) is 0 Å². The SMILES string of the molecule is CCCCNC(=O)[C@@H]1C[C@H](CN2CCOCC2)CN(Cc2ccc(OC)c(OC)c2)C1. The maximum Gasteiger partial charge on any atom is 0.224 e. The zero-order valence-corrected chi connectivity index (χ0v) is 19.4. The number of nitrogens with one attached hydrogen (secondary N) is 1. The lowest BCUT2D eigenvalue weighted by Gasteiger charge is -2.40. The lowest BCUT2D eigenvalue weighted by atomic mass is 9.87. The molecule has 2 heterocycles. The number of carbonyl (C=O) groups is 1. The Kier molecular flexibility index (Phi) is 9.43. The van der Waals surface area contributed by atoms with Gasteiger partial charge in [0.2, 0.25) is 5.91 Å². The summed E-state index contributed by atoms with van der Waals surface area (Å²) in [5.74, 6) is 2.21. The van der Waals surface area contributed by atoms with Crippen LogP contribution in [0.1, 0.15) is 31.7 Å². The van der Waals surface area contributed by atoms with Crippen molar-refractivity contribution in [2.75, 3.05) is 66.7 Å². The Hall–Kier alpha value is -1.83. The molecule has 0 saturated carbocycles. The predicted octanol–water partition coefficient (Wildman–Crippen LogP) is 2.39. The van der Waals surface area contributed by atoms with Gasteiger partial charge >= 0.3 is 0 Å². The van der Waals surface area contributed by atoms with E-state index in [4.69, 9.17) is 14.2 Å². The molecule has 3 rings (SSSR count). The van der Waals surface area contributed by atoms with Gasteiger partial charge in [-0.25, -0.2) is 0 Å². The Labute approximate surface area is 187 Å². The molecule has 0 bridgehead atoms. The van der Waals surface area contributed by atoms with Crippen LogP contribution in [-0.4, -0.2) is 82.4 Å². The molecule has 174 valence electrons. The van der Waals surface area contributed by atoms with Crippen LogP contribution in [0.25, 0.3) is 0 Å². The van der Waals surface area contributed by atoms with Gasteiger partial charge in [-0.3, -0.25) is 14.6 Å². The number of morpholine rings is 1. The smallest absolute Gasteiger partial charge is 0.224 e. The molecule has 1 amide bonds. The molecule has 2 atom stereocenters. The first-order chi connectivity index (χ1) is 15.1. The monoisotopic (exact) mass is 433 g/mol. The number of nitrogens with zero attached hydrogens (tertiary/aromatic N) is 2. The summed E-state index contributed by atoms with van der Waals surface area (Å²) in [6.07, 6.45) is 3.08. The average Bonchev–Trinajstić information content (AvgIpc) is 2.79. The molecule has 2 aliphatic heterocycles. The van der Waals surface area contributed by atoms with Crippen LogP contribution in [0.3, 0.4) is 0 Å². The molecule has 1 aromatic carbocycles. The molecule has 7 heteroatoms. The highest BCUT2D eigenvalue weighted by Gasteiger charge is 2.32. The zero-order valence-electron chi connectivity index (χ0n) is 19.4. The molecule has 1 N–H and O–H groups in total. The summed E-state index contributed by atoms with van der Waals surface area (Å²) in [4.78, 5) is 17.8. The van der Waals surface area contributed by atoms with E-state index in [0.717, 1.165) is 89.8 Å². The fraction of sp³-hybridized carbons (Fsp3) is 0.708. The normalized spacial score (nSPS) is 22.8. The van der Waals surface area contributed by atoms with Gasteiger partial charge < -0.3 is 19.5 Å². The number of carbonyl (C=O) groups excluding carboxylic acids is 1. The van der Waals surface area contributed by atoms with E-state index in [1.807, 2.05) is 12.1 Å². The van der Waals surface area contributed by atoms with Crippen molar-refractivity contribution in [2.45, 2.75) is 32.7 Å². The first kappa shape index (κ1) is 23.8. The van der Waals surface area contributed by atoms with Crippen molar-refractivity contribution in [3.63, 3.8) is 0 Å². The molecular weight excluding hydrogens is 394 g/mol. The van der Waals surface area contributed by atoms with Gasteiger partial charge in [-0.2, -0.15) is 0 Å². The summed E-state index contributed by atoms with van der Waals surface area (Å²) in [6.45, 7) is 10.1. The first-order valence-corrected chi connectivity index (χ1v) is 11.6. The number of likely N-dealkylation sites (tertiary alicyclic amines) is 1. The third kappa shape index (κ3) is 7.09. The highest BCUT2D eigenvalue weighted by molar-refractivity contribution is 5.79. The van der Waals surface area contributed by atoms with Gasteiger partial charge in [0, 0.05) is 45.8 Å². The Morgan fingerprint density at radius 2 is 1.90 bits per heavy atom. The second kappa shape index (κ2) is 12.3. The quantitative estimate of drug-likeness (QED) is 0.572. The van der Waals surface area contributed by atoms with Gasteiger partial charge in [0.25, 0.3) is 0 Å². The molecule has 1 aromatic rings. The van der Waals surface area contributed by atoms with E-state index < -0.39 is 0 Å². The first-order valence-electron chi connectivity index (χ1n) is 11.6. The number of piperidine rings is 1. The Bertz CT molecular complexity index is 693. The number of amides is 1. The van der Waals surface area contributed by atoms with E-state index in [-0.39, 0.29) is 11.8 Å². The third-order valence-electron chi connectivity index (χ3n) is 6.29. The number of benzene rings is 1. The molecule has 0 aliphatic carbocycles. The Balaban J connectivity index is 1.67. The van der Waals surface area contributed by atoms with Crippen molar-refractivity contribution in [2.24, 2.45) is 11.8 Å². The van der Waals surface area contributed by atoms with Gasteiger partial charge in [-0.15, -0.1) is 0 Å². The Morgan fingerprint density at radius 1 is 1.13 bits per heavy atom. The van der Waals surface area contributed by atoms with Crippen molar-refractivity contribution in [3.8, 4) is 11.5 Å². The van der Waals surface area contributed by atoms with Gasteiger partial charge in [-0.1, -0.05) is 19.4 Å². The van der Waals surface area contributed by atoms with Crippen LogP contribution in [0.4, 0.5) is 0 Å². The summed E-state index contributed by atoms with van der Waals surface area (Å²) in [6, 6.07) is 6.09. The molecule has 0 aromatic heterocycles. The van der Waals surface area contributed by atoms with Crippen molar-refractivity contribution in [1.82, 2.24) is 15.1 Å². The van der Waals surface area contributed by atoms with Crippen LogP contribution in [0.2, 0.25) is 0 Å². The van der Waals surface area contributed by atoms with Crippen LogP contribution in [0, 0.1) is 11.8 Å². The van der Waals surface area contributed by atoms with Crippen LogP contribution in [0.5, 0.6) is 11.5 Å². The number of hydrogen-bond acceptors (Lipinski definition) is 6. The molecule has 7 nitrogen and oxygen atoms in total. The highest BCUT2D eigenvalue weighted by atomic mass is 16.5. The summed E-state index contributed by atoms with van der Waals surface area (Å²) < 4.78 is 16.4. The van der Waals surface area contributed by atoms with E-state index >= 15 is 0 Å². The molecule has 0 radical (unpaired) electrons. The maximum absolute atomic E-state index is 12.9. The molecule has 0 spiro atoms. The molecule has 31 heavy (non-hydrogen) atoms. The number of rotatable bonds is 10. The second-order valence-corrected chi connectivity index (χ2v) is 8.74. The highest BCUT2D eigenvalue weighted by Crippen LogP contribution is 2.30. The zero-order chi connectivity index (χ0) is 22.1. The minimum absolute atomic E-state index is 0.0387. The maximum atomic E-state index is 12.9. The van der Waals surface area contributed by atoms with E-state index in [1.54, 1.807) is 14.2 Å². The molecule has 2 saturated heterocycles. The summed E-state index contributed by atoms with van der Waals surface area (Å²) in [7, 11) is 3.32. The van der Waals surface area contributed by atoms with Crippen LogP contribution in [0.15, 0.2) is 18.2 Å². The van der Waals surface area contributed by atoms with Crippen molar-refractivity contribution < 1.29 is 19.0 Å². The van der Waals surface area contributed by atoms with Gasteiger partial charge in [0.1, 0.15) is 0 Å². The lowest BCUT2D eigenvalue weighted by molar-refractivity contribution is -0.127. The number of methoxy groups -OCH3 is 2. The standard InChI is InChI=1S/C24H39N3O4/c1-4-5-8-25-24(28)21-13-20(16-26-9-11-31-12-10-26)17-27(18-21)15-19-6-7-22(29-2)23(14-19)30-3/h6-7,14,20-21H,4-5,8-13,15-18H2,1-3H3,(H,25,28)/t20-,21-/m1/s1. The molecular formula is C24H39N3O4. The minimum Gasteiger partial charge on any atom is -0.493 e. The van der Waals surface area contributed by atoms with E-state index in [2.05, 4.69) is 28.1 Å². The Morgan fingerprint density at radius 3 is 2.61 bits per heavy atom. The van der Waals surface area contributed by atoms with Gasteiger partial charge in [0.15, 0.2) is 11.5 Å². The van der Waals surface area contributed by atoms with E-state index in [9.17, 15) is 4.79 Å². The number of hydrogen-bond donors (Lipinski definition) is 1. The van der Waals surface area contributed by atoms with E-state index in [0.29, 0.717) is 5.92 Å². The van der Waals surface area contributed by atoms with Crippen LogP contribution in [-0.2, 0) is 16.1 Å². The lowest BCUT2D eigenvalue weighted by Crippen LogP contribution is -2.50. The largest absolute Gasteiger partial charge is 0.493 e. The average molecular weight is 434 g/mol. The number of unbranched alkanes of at least 4 members (excludes halogenated alkanes) is 1. The minimum atomic E-state index is 0.0387. The van der Waals surface area contributed by atoms with Crippen LogP contribution < -0.4 is 14.8 Å². The summed E-state index contributed by atoms with van der Waals surface area (Å²) in [5, 5.41) is 3.16. The van der Waals surface area contributed by atoms with Gasteiger partial charge in [0.05, 0.1) is 33.4 Å². The molecule has 2 fully saturated rings. The fourth-order valence-electron chi connectivity index (χ4n) is 4.67. The number of ether oxygens (including phenoxy) is 3. The van der Waals surface area contributed by atoms with Crippen molar-refractivity contribution >= 4 is 5.91 Å². The summed E-state index contributed by atoms with van der Waals surface area (Å²) >= 11 is 0. The predicted molar refractivity (Wildman–Crippen MR) is 122 cm³/mol. The van der Waals surface area contributed by atoms with Gasteiger partial charge in [-0.05, 0) is 36.5 Å². The topological polar surface area (TPSA) is 63.3 Å². The molecule has 0 unspecified atom stereocenters. The van der Waals surface area contributed by atoms with E-state index in [1.165, 1.54) is 5.56 Å². The second-order valence-electron chi connectivity index (χ2n) is 8.74. The van der Waals surface area contributed by atoms with Crippen molar-refractivity contribution in [3.05, 3.63) is 23.8 Å². The molecule has 2 aliphatic rings.